The van der Waals surface area contributed by atoms with Crippen LogP contribution in [0, 0.1) is 0 Å². The van der Waals surface area contributed by atoms with E-state index >= 15 is 0 Å². The van der Waals surface area contributed by atoms with E-state index < -0.39 is 0 Å². The molecule has 0 unspecified atom stereocenters. The van der Waals surface area contributed by atoms with Crippen LogP contribution >= 0.6 is 0 Å². The van der Waals surface area contributed by atoms with Crippen LogP contribution in [0.4, 0.5) is 5.69 Å². The van der Waals surface area contributed by atoms with Gasteiger partial charge in [-0.15, -0.1) is 0 Å². The second-order valence-electron chi connectivity index (χ2n) is 6.66. The Labute approximate surface area is 137 Å². The van der Waals surface area contributed by atoms with E-state index in [1.807, 2.05) is 28.0 Å². The zero-order chi connectivity index (χ0) is 16.4. The average Bonchev–Trinajstić information content (AvgIpc) is 2.54. The monoisotopic (exact) mass is 315 g/mol. The number of para-hydroxylation sites is 1. The molecule has 0 aromatic heterocycles. The highest BCUT2D eigenvalue weighted by atomic mass is 16.2. The second kappa shape index (κ2) is 6.71. The summed E-state index contributed by atoms with van der Waals surface area (Å²) < 4.78 is 0. The minimum absolute atomic E-state index is 0.0674. The molecule has 0 radical (unpaired) electrons. The number of primary amides is 1. The van der Waals surface area contributed by atoms with Crippen LogP contribution in [-0.4, -0.2) is 41.9 Å². The molecule has 2 heterocycles. The molecule has 0 aliphatic carbocycles. The molecule has 2 aliphatic rings. The lowest BCUT2D eigenvalue weighted by molar-refractivity contribution is -0.127. The number of aryl methyl sites for hydroxylation is 1. The maximum Gasteiger partial charge on any atom is 0.241 e. The van der Waals surface area contributed by atoms with Gasteiger partial charge in [0.1, 0.15) is 0 Å². The van der Waals surface area contributed by atoms with Crippen molar-refractivity contribution in [3.63, 3.8) is 0 Å². The fourth-order valence-electron chi connectivity index (χ4n) is 3.82. The van der Waals surface area contributed by atoms with Crippen LogP contribution in [0.25, 0.3) is 0 Å². The number of benzene rings is 1. The average molecular weight is 315 g/mol. The summed E-state index contributed by atoms with van der Waals surface area (Å²) in [5.41, 5.74) is 7.75. The Hall–Kier alpha value is -1.88. The molecule has 2 aliphatic heterocycles. The van der Waals surface area contributed by atoms with E-state index in [1.54, 1.807) is 0 Å². The molecule has 5 heteroatoms. The van der Waals surface area contributed by atoms with Crippen molar-refractivity contribution >= 4 is 17.5 Å². The van der Waals surface area contributed by atoms with Crippen LogP contribution in [-0.2, 0) is 16.0 Å². The molecule has 124 valence electrons. The Morgan fingerprint density at radius 1 is 1.22 bits per heavy atom. The molecule has 0 bridgehead atoms. The fraction of sp³-hybridized carbons (Fsp3) is 0.556. The van der Waals surface area contributed by atoms with Gasteiger partial charge in [0, 0.05) is 11.7 Å². The van der Waals surface area contributed by atoms with E-state index in [0.717, 1.165) is 44.3 Å². The van der Waals surface area contributed by atoms with Crippen LogP contribution in [0.3, 0.4) is 0 Å². The van der Waals surface area contributed by atoms with Crippen molar-refractivity contribution in [3.8, 4) is 0 Å². The van der Waals surface area contributed by atoms with Crippen molar-refractivity contribution in [2.24, 2.45) is 5.73 Å². The number of amides is 2. The summed E-state index contributed by atoms with van der Waals surface area (Å²) in [7, 11) is 0. The minimum atomic E-state index is -0.315. The summed E-state index contributed by atoms with van der Waals surface area (Å²) in [5, 5.41) is 0. The number of fused-ring (bicyclic) bond motifs is 1. The van der Waals surface area contributed by atoms with Gasteiger partial charge in [0.25, 0.3) is 0 Å². The van der Waals surface area contributed by atoms with Crippen LogP contribution in [0.2, 0.25) is 0 Å². The maximum atomic E-state index is 12.9. The zero-order valence-electron chi connectivity index (χ0n) is 13.7. The molecule has 0 spiro atoms. The van der Waals surface area contributed by atoms with Crippen LogP contribution in [0.5, 0.6) is 0 Å². The summed E-state index contributed by atoms with van der Waals surface area (Å²) in [6.07, 6.45) is 4.76. The molecule has 1 aromatic carbocycles. The number of hydrogen-bond donors (Lipinski definition) is 1. The van der Waals surface area contributed by atoms with Crippen LogP contribution in [0.15, 0.2) is 24.3 Å². The van der Waals surface area contributed by atoms with Gasteiger partial charge in [-0.2, -0.15) is 0 Å². The summed E-state index contributed by atoms with van der Waals surface area (Å²) >= 11 is 0. The molecule has 1 aromatic rings. The lowest BCUT2D eigenvalue weighted by Crippen LogP contribution is -2.53. The quantitative estimate of drug-likeness (QED) is 0.923. The largest absolute Gasteiger partial charge is 0.368 e. The van der Waals surface area contributed by atoms with Gasteiger partial charge in [-0.25, -0.2) is 0 Å². The summed E-state index contributed by atoms with van der Waals surface area (Å²) in [6, 6.07) is 7.99. The van der Waals surface area contributed by atoms with E-state index in [0.29, 0.717) is 0 Å². The van der Waals surface area contributed by atoms with E-state index in [2.05, 4.69) is 13.0 Å². The van der Waals surface area contributed by atoms with Gasteiger partial charge in [-0.05, 0) is 50.8 Å². The lowest BCUT2D eigenvalue weighted by Gasteiger charge is -2.39. The van der Waals surface area contributed by atoms with Gasteiger partial charge in [0.05, 0.1) is 12.6 Å². The minimum Gasteiger partial charge on any atom is -0.368 e. The fourth-order valence-corrected chi connectivity index (χ4v) is 3.82. The Bertz CT molecular complexity index is 602. The molecule has 3 rings (SSSR count). The van der Waals surface area contributed by atoms with Crippen molar-refractivity contribution in [1.29, 1.82) is 0 Å². The van der Waals surface area contributed by atoms with Crippen molar-refractivity contribution < 1.29 is 9.59 Å². The third-order valence-corrected chi connectivity index (χ3v) is 5.07. The van der Waals surface area contributed by atoms with E-state index in [4.69, 9.17) is 5.73 Å². The summed E-state index contributed by atoms with van der Waals surface area (Å²) in [5.74, 6) is -0.248. The van der Waals surface area contributed by atoms with Crippen LogP contribution in [0.1, 0.15) is 38.2 Å². The molecule has 5 nitrogen and oxygen atoms in total. The number of hydrogen-bond acceptors (Lipinski definition) is 3. The third-order valence-electron chi connectivity index (χ3n) is 5.07. The highest BCUT2D eigenvalue weighted by Crippen LogP contribution is 2.31. The normalized spacial score (nSPS) is 25.0. The number of likely N-dealkylation sites (tertiary alicyclic amines) is 1. The zero-order valence-corrected chi connectivity index (χ0v) is 13.7. The standard InChI is InChI=1S/C18H25N3O2/c1-13-9-10-14-6-2-3-7-15(14)21(13)17(22)12-20-11-5-4-8-16(20)18(19)23/h2-3,6-7,13,16H,4-5,8-12H2,1H3,(H2,19,23)/t13-,16-/m0/s1. The van der Waals surface area contributed by atoms with Gasteiger partial charge >= 0.3 is 0 Å². The number of piperidine rings is 1. The smallest absolute Gasteiger partial charge is 0.241 e. The second-order valence-corrected chi connectivity index (χ2v) is 6.66. The Balaban J connectivity index is 1.78. The van der Waals surface area contributed by atoms with Gasteiger partial charge in [0.2, 0.25) is 11.8 Å². The SMILES string of the molecule is C[C@H]1CCc2ccccc2N1C(=O)CN1CCCC[C@H]1C(N)=O. The predicted molar refractivity (Wildman–Crippen MR) is 90.1 cm³/mol. The number of carbonyl (C=O) groups excluding carboxylic acids is 2. The highest BCUT2D eigenvalue weighted by Gasteiger charge is 2.33. The summed E-state index contributed by atoms with van der Waals surface area (Å²) in [4.78, 5) is 28.4. The first-order valence-corrected chi connectivity index (χ1v) is 8.51. The predicted octanol–water partition coefficient (Wildman–Crippen LogP) is 1.69. The Morgan fingerprint density at radius 3 is 2.78 bits per heavy atom. The number of carbonyl (C=O) groups is 2. The Morgan fingerprint density at radius 2 is 2.00 bits per heavy atom. The highest BCUT2D eigenvalue weighted by molar-refractivity contribution is 5.97. The molecule has 2 atom stereocenters. The van der Waals surface area contributed by atoms with E-state index in [9.17, 15) is 9.59 Å². The van der Waals surface area contributed by atoms with Crippen LogP contribution < -0.4 is 10.6 Å². The first kappa shape index (κ1) is 16.0. The molecular weight excluding hydrogens is 290 g/mol. The molecule has 0 saturated carbocycles. The Kier molecular flexibility index (Phi) is 4.66. The van der Waals surface area contributed by atoms with Gasteiger partial charge in [0.15, 0.2) is 0 Å². The van der Waals surface area contributed by atoms with Gasteiger partial charge in [-0.3, -0.25) is 14.5 Å². The van der Waals surface area contributed by atoms with E-state index in [-0.39, 0.29) is 30.4 Å². The molecule has 2 amide bonds. The molecule has 1 fully saturated rings. The molecular formula is C18H25N3O2. The number of nitrogens with zero attached hydrogens (tertiary/aromatic N) is 2. The first-order valence-electron chi connectivity index (χ1n) is 8.51. The lowest BCUT2D eigenvalue weighted by atomic mass is 9.96. The number of anilines is 1. The number of nitrogens with two attached hydrogens (primary N) is 1. The topological polar surface area (TPSA) is 66.6 Å². The van der Waals surface area contributed by atoms with Gasteiger partial charge < -0.3 is 10.6 Å². The van der Waals surface area contributed by atoms with Crippen molar-refractivity contribution in [1.82, 2.24) is 4.90 Å². The van der Waals surface area contributed by atoms with Crippen molar-refractivity contribution in [3.05, 3.63) is 29.8 Å². The van der Waals surface area contributed by atoms with E-state index in [1.165, 1.54) is 5.56 Å². The summed E-state index contributed by atoms with van der Waals surface area (Å²) in [6.45, 7) is 3.13. The molecule has 1 saturated heterocycles. The third kappa shape index (κ3) is 3.24. The van der Waals surface area contributed by atoms with Crippen molar-refractivity contribution in [2.75, 3.05) is 18.0 Å². The van der Waals surface area contributed by atoms with Gasteiger partial charge in [-0.1, -0.05) is 24.6 Å². The first-order chi connectivity index (χ1) is 11.1. The molecule has 23 heavy (non-hydrogen) atoms. The molecule has 2 N–H and O–H groups in total. The van der Waals surface area contributed by atoms with Crippen molar-refractivity contribution in [2.45, 2.75) is 51.1 Å². The number of rotatable bonds is 3. The maximum absolute atomic E-state index is 12.9.